The largest absolute Gasteiger partial charge is 0.401 e. The third kappa shape index (κ3) is 6.33. The summed E-state index contributed by atoms with van der Waals surface area (Å²) in [6, 6.07) is -0.0413. The van der Waals surface area contributed by atoms with E-state index in [1.54, 1.807) is 6.92 Å². The summed E-state index contributed by atoms with van der Waals surface area (Å²) in [5.74, 6) is 0. The van der Waals surface area contributed by atoms with E-state index in [-0.39, 0.29) is 12.1 Å². The van der Waals surface area contributed by atoms with Gasteiger partial charge in [0.05, 0.1) is 6.54 Å². The Morgan fingerprint density at radius 2 is 1.75 bits per heavy atom. The van der Waals surface area contributed by atoms with E-state index in [0.717, 1.165) is 13.0 Å². The quantitative estimate of drug-likeness (QED) is 0.736. The molecule has 5 heteroatoms. The minimum Gasteiger partial charge on any atom is -0.313 e. The Hall–Kier alpha value is -0.290. The highest BCUT2D eigenvalue weighted by molar-refractivity contribution is 4.78. The van der Waals surface area contributed by atoms with E-state index in [4.69, 9.17) is 0 Å². The van der Waals surface area contributed by atoms with Gasteiger partial charge in [0, 0.05) is 12.1 Å². The number of rotatable bonds is 7. The topological polar surface area (TPSA) is 15.3 Å². The van der Waals surface area contributed by atoms with Gasteiger partial charge >= 0.3 is 6.18 Å². The van der Waals surface area contributed by atoms with Gasteiger partial charge in [0.25, 0.3) is 0 Å². The summed E-state index contributed by atoms with van der Waals surface area (Å²) < 4.78 is 36.9. The van der Waals surface area contributed by atoms with Gasteiger partial charge in [-0.15, -0.1) is 0 Å². The number of hydrogen-bond donors (Lipinski definition) is 1. The predicted molar refractivity (Wildman–Crippen MR) is 60.5 cm³/mol. The summed E-state index contributed by atoms with van der Waals surface area (Å²) in [5, 5.41) is 3.22. The lowest BCUT2D eigenvalue weighted by Crippen LogP contribution is -2.49. The first-order chi connectivity index (χ1) is 7.31. The molecule has 0 aromatic carbocycles. The zero-order chi connectivity index (χ0) is 12.8. The average molecular weight is 240 g/mol. The standard InChI is InChI=1S/C11H23F3N2/c1-5-7-15-9(3)10(4)16(6-2)8-11(12,13)14/h9-10,15H,5-8H2,1-4H3. The first-order valence-corrected chi connectivity index (χ1v) is 5.86. The molecule has 0 rings (SSSR count). The second kappa shape index (κ2) is 7.12. The lowest BCUT2D eigenvalue weighted by atomic mass is 10.1. The van der Waals surface area contributed by atoms with E-state index in [0.29, 0.717) is 6.54 Å². The van der Waals surface area contributed by atoms with Crippen LogP contribution in [0.5, 0.6) is 0 Å². The molecule has 0 aliphatic rings. The van der Waals surface area contributed by atoms with Gasteiger partial charge in [0.15, 0.2) is 0 Å². The van der Waals surface area contributed by atoms with Crippen LogP contribution in [0, 0.1) is 0 Å². The number of halogens is 3. The minimum atomic E-state index is -4.12. The van der Waals surface area contributed by atoms with Crippen LogP contribution in [0.2, 0.25) is 0 Å². The van der Waals surface area contributed by atoms with Crippen molar-refractivity contribution in [3.05, 3.63) is 0 Å². The van der Waals surface area contributed by atoms with Gasteiger partial charge in [-0.1, -0.05) is 13.8 Å². The van der Waals surface area contributed by atoms with Crippen molar-refractivity contribution in [3.8, 4) is 0 Å². The van der Waals surface area contributed by atoms with Crippen molar-refractivity contribution >= 4 is 0 Å². The van der Waals surface area contributed by atoms with Gasteiger partial charge in [-0.2, -0.15) is 13.2 Å². The molecule has 0 aromatic rings. The van der Waals surface area contributed by atoms with E-state index in [9.17, 15) is 13.2 Å². The molecule has 2 unspecified atom stereocenters. The molecule has 0 aliphatic heterocycles. The van der Waals surface area contributed by atoms with Crippen molar-refractivity contribution in [2.24, 2.45) is 0 Å². The van der Waals surface area contributed by atoms with Crippen molar-refractivity contribution in [2.75, 3.05) is 19.6 Å². The Labute approximate surface area is 96.2 Å². The van der Waals surface area contributed by atoms with Gasteiger partial charge in [-0.3, -0.25) is 4.90 Å². The molecule has 0 saturated heterocycles. The van der Waals surface area contributed by atoms with E-state index in [1.807, 2.05) is 20.8 Å². The molecule has 0 amide bonds. The van der Waals surface area contributed by atoms with Crippen LogP contribution in [0.1, 0.15) is 34.1 Å². The zero-order valence-corrected chi connectivity index (χ0v) is 10.6. The summed E-state index contributed by atoms with van der Waals surface area (Å²) >= 11 is 0. The van der Waals surface area contributed by atoms with Crippen LogP contribution < -0.4 is 5.32 Å². The molecule has 0 aliphatic carbocycles. The molecule has 1 N–H and O–H groups in total. The van der Waals surface area contributed by atoms with Crippen LogP contribution in [0.3, 0.4) is 0 Å². The maximum absolute atomic E-state index is 12.3. The molecule has 0 spiro atoms. The van der Waals surface area contributed by atoms with Crippen LogP contribution in [0.25, 0.3) is 0 Å². The molecule has 0 fully saturated rings. The molecule has 0 aromatic heterocycles. The fraction of sp³-hybridized carbons (Fsp3) is 1.00. The van der Waals surface area contributed by atoms with Crippen LogP contribution in [-0.2, 0) is 0 Å². The van der Waals surface area contributed by atoms with Crippen molar-refractivity contribution in [1.29, 1.82) is 0 Å². The Morgan fingerprint density at radius 1 is 1.19 bits per heavy atom. The van der Waals surface area contributed by atoms with Gasteiger partial charge in [0.2, 0.25) is 0 Å². The van der Waals surface area contributed by atoms with E-state index in [1.165, 1.54) is 4.90 Å². The fourth-order valence-corrected chi connectivity index (χ4v) is 1.63. The molecule has 16 heavy (non-hydrogen) atoms. The van der Waals surface area contributed by atoms with Gasteiger partial charge in [-0.05, 0) is 33.4 Å². The monoisotopic (exact) mass is 240 g/mol. The smallest absolute Gasteiger partial charge is 0.313 e. The Kier molecular flexibility index (Phi) is 6.99. The van der Waals surface area contributed by atoms with Gasteiger partial charge in [0.1, 0.15) is 0 Å². The Balaban J connectivity index is 4.23. The van der Waals surface area contributed by atoms with Crippen LogP contribution in [0.4, 0.5) is 13.2 Å². The average Bonchev–Trinajstić information content (AvgIpc) is 2.20. The first-order valence-electron chi connectivity index (χ1n) is 5.86. The lowest BCUT2D eigenvalue weighted by molar-refractivity contribution is -0.150. The number of nitrogens with zero attached hydrogens (tertiary/aromatic N) is 1. The van der Waals surface area contributed by atoms with Crippen LogP contribution in [-0.4, -0.2) is 42.8 Å². The summed E-state index contributed by atoms with van der Waals surface area (Å²) in [6.07, 6.45) is -3.13. The first kappa shape index (κ1) is 15.7. The second-order valence-electron chi connectivity index (χ2n) is 4.16. The normalized spacial score (nSPS) is 16.5. The predicted octanol–water partition coefficient (Wildman–Crippen LogP) is 2.65. The number of alkyl halides is 3. The highest BCUT2D eigenvalue weighted by Crippen LogP contribution is 2.18. The van der Waals surface area contributed by atoms with E-state index < -0.39 is 12.7 Å². The minimum absolute atomic E-state index is 0.0715. The van der Waals surface area contributed by atoms with Crippen LogP contribution >= 0.6 is 0 Å². The second-order valence-corrected chi connectivity index (χ2v) is 4.16. The molecule has 0 radical (unpaired) electrons. The molecular formula is C11H23F3N2. The summed E-state index contributed by atoms with van der Waals surface area (Å²) in [7, 11) is 0. The molecular weight excluding hydrogens is 217 g/mol. The maximum atomic E-state index is 12.3. The van der Waals surface area contributed by atoms with Gasteiger partial charge in [-0.25, -0.2) is 0 Å². The molecule has 2 nitrogen and oxygen atoms in total. The molecule has 0 heterocycles. The maximum Gasteiger partial charge on any atom is 0.401 e. The summed E-state index contributed by atoms with van der Waals surface area (Å²) in [4.78, 5) is 1.45. The molecule has 0 bridgehead atoms. The van der Waals surface area contributed by atoms with Gasteiger partial charge < -0.3 is 5.32 Å². The third-order valence-electron chi connectivity index (χ3n) is 2.80. The lowest BCUT2D eigenvalue weighted by Gasteiger charge is -2.33. The van der Waals surface area contributed by atoms with Crippen LogP contribution in [0.15, 0.2) is 0 Å². The van der Waals surface area contributed by atoms with E-state index >= 15 is 0 Å². The highest BCUT2D eigenvalue weighted by Gasteiger charge is 2.33. The molecule has 98 valence electrons. The van der Waals surface area contributed by atoms with Crippen molar-refractivity contribution in [3.63, 3.8) is 0 Å². The number of likely N-dealkylation sites (N-methyl/N-ethyl adjacent to an activating group) is 1. The highest BCUT2D eigenvalue weighted by atomic mass is 19.4. The Morgan fingerprint density at radius 3 is 2.12 bits per heavy atom. The third-order valence-corrected chi connectivity index (χ3v) is 2.80. The number of hydrogen-bond acceptors (Lipinski definition) is 2. The summed E-state index contributed by atoms with van der Waals surface area (Å²) in [6.45, 7) is 7.99. The summed E-state index contributed by atoms with van der Waals surface area (Å²) in [5.41, 5.74) is 0. The van der Waals surface area contributed by atoms with Crippen molar-refractivity contribution in [2.45, 2.75) is 52.4 Å². The van der Waals surface area contributed by atoms with Crippen molar-refractivity contribution < 1.29 is 13.2 Å². The Bertz CT molecular complexity index is 183. The molecule has 0 saturated carbocycles. The van der Waals surface area contributed by atoms with E-state index in [2.05, 4.69) is 5.32 Å². The fourth-order valence-electron chi connectivity index (χ4n) is 1.63. The van der Waals surface area contributed by atoms with Crippen molar-refractivity contribution in [1.82, 2.24) is 10.2 Å². The number of nitrogens with one attached hydrogen (secondary N) is 1. The zero-order valence-electron chi connectivity index (χ0n) is 10.6. The SMILES string of the molecule is CCCNC(C)C(C)N(CC)CC(F)(F)F. The molecule has 2 atom stereocenters.